The second-order valence-electron chi connectivity index (χ2n) is 9.61. The predicted octanol–water partition coefficient (Wildman–Crippen LogP) is 4.94. The van der Waals surface area contributed by atoms with Crippen molar-refractivity contribution < 1.29 is 18.7 Å². The number of hydrogen-bond donors (Lipinski definition) is 2. The van der Waals surface area contributed by atoms with E-state index in [0.717, 1.165) is 47.0 Å². The molecular weight excluding hydrogens is 548 g/mol. The molecule has 4 aromatic rings. The van der Waals surface area contributed by atoms with E-state index in [1.54, 1.807) is 35.0 Å². The van der Waals surface area contributed by atoms with E-state index in [-0.39, 0.29) is 23.5 Å². The average molecular weight is 577 g/mol. The van der Waals surface area contributed by atoms with Gasteiger partial charge in [-0.1, -0.05) is 42.1 Å². The van der Waals surface area contributed by atoms with Gasteiger partial charge < -0.3 is 19.8 Å². The standard InChI is InChI=1S/C29H28N4O5S2/c1-2-37-27(35)23-19(30-28(36)31-24(23)20-12-8-14-38-20)16-39-29-32-25-22(18-11-6-7-13-21(18)40-25)26(34)33(29)15-17-9-4-3-5-10-17/h3-5,8-10,12,14,24H,2,6-7,11,13,15-16H2,1H3,(H2,30,31,36). The smallest absolute Gasteiger partial charge is 0.338 e. The minimum absolute atomic E-state index is 0.0573. The normalized spacial score (nSPS) is 16.9. The molecule has 0 fully saturated rings. The van der Waals surface area contributed by atoms with Crippen LogP contribution in [-0.4, -0.2) is 33.9 Å². The highest BCUT2D eigenvalue weighted by Crippen LogP contribution is 2.36. The Morgan fingerprint density at radius 3 is 2.77 bits per heavy atom. The summed E-state index contributed by atoms with van der Waals surface area (Å²) in [6.45, 7) is 2.27. The van der Waals surface area contributed by atoms with Crippen molar-refractivity contribution in [3.63, 3.8) is 0 Å². The highest BCUT2D eigenvalue weighted by atomic mass is 32.2. The first-order chi connectivity index (χ1) is 19.5. The molecule has 2 N–H and O–H groups in total. The van der Waals surface area contributed by atoms with Crippen LogP contribution in [0.15, 0.2) is 74.4 Å². The molecular formula is C29H28N4O5S2. The zero-order valence-electron chi connectivity index (χ0n) is 21.9. The number of rotatable bonds is 8. The number of carbonyl (C=O) groups excluding carboxylic acids is 2. The van der Waals surface area contributed by atoms with Gasteiger partial charge in [-0.15, -0.1) is 11.3 Å². The molecule has 11 heteroatoms. The van der Waals surface area contributed by atoms with Crippen molar-refractivity contribution in [3.8, 4) is 0 Å². The molecule has 1 aliphatic carbocycles. The molecule has 0 bridgehead atoms. The number of hydrogen-bond acceptors (Lipinski definition) is 8. The van der Waals surface area contributed by atoms with Crippen LogP contribution >= 0.6 is 23.1 Å². The number of ether oxygens (including phenoxy) is 1. The van der Waals surface area contributed by atoms with Crippen LogP contribution in [-0.2, 0) is 28.9 Å². The number of aromatic nitrogens is 2. The topological polar surface area (TPSA) is 115 Å². The van der Waals surface area contributed by atoms with Crippen LogP contribution in [0, 0.1) is 0 Å². The fourth-order valence-electron chi connectivity index (χ4n) is 5.22. The summed E-state index contributed by atoms with van der Waals surface area (Å²) >= 11 is 2.91. The molecule has 1 atom stereocenters. The lowest BCUT2D eigenvalue weighted by atomic mass is 9.97. The van der Waals surface area contributed by atoms with Gasteiger partial charge in [0.25, 0.3) is 5.56 Å². The number of furan rings is 1. The molecule has 0 spiro atoms. The molecule has 9 nitrogen and oxygen atoms in total. The van der Waals surface area contributed by atoms with Crippen LogP contribution in [0.5, 0.6) is 0 Å². The predicted molar refractivity (Wildman–Crippen MR) is 154 cm³/mol. The Morgan fingerprint density at radius 2 is 2.00 bits per heavy atom. The van der Waals surface area contributed by atoms with Crippen molar-refractivity contribution >= 4 is 45.3 Å². The summed E-state index contributed by atoms with van der Waals surface area (Å²) in [7, 11) is 0. The molecule has 2 aliphatic rings. The van der Waals surface area contributed by atoms with Gasteiger partial charge in [0.2, 0.25) is 0 Å². The molecule has 1 aliphatic heterocycles. The van der Waals surface area contributed by atoms with Gasteiger partial charge in [0, 0.05) is 16.3 Å². The lowest BCUT2D eigenvalue weighted by Crippen LogP contribution is -2.46. The number of aryl methyl sites for hydroxylation is 2. The molecule has 2 amide bonds. The first-order valence-electron chi connectivity index (χ1n) is 13.3. The first kappa shape index (κ1) is 26.4. The highest BCUT2D eigenvalue weighted by Gasteiger charge is 2.35. The molecule has 0 saturated carbocycles. The Balaban J connectivity index is 1.42. The number of carbonyl (C=O) groups is 2. The summed E-state index contributed by atoms with van der Waals surface area (Å²) in [4.78, 5) is 46.7. The largest absolute Gasteiger partial charge is 0.467 e. The van der Waals surface area contributed by atoms with Gasteiger partial charge in [0.1, 0.15) is 16.6 Å². The number of esters is 1. The van der Waals surface area contributed by atoms with Gasteiger partial charge in [-0.25, -0.2) is 14.6 Å². The fraction of sp³-hybridized carbons (Fsp3) is 0.310. The molecule has 1 aromatic carbocycles. The summed E-state index contributed by atoms with van der Waals surface area (Å²) in [6.07, 6.45) is 5.55. The van der Waals surface area contributed by atoms with Crippen molar-refractivity contribution in [2.45, 2.75) is 50.4 Å². The zero-order valence-corrected chi connectivity index (χ0v) is 23.5. The van der Waals surface area contributed by atoms with E-state index in [9.17, 15) is 14.4 Å². The third-order valence-corrected chi connectivity index (χ3v) is 9.23. The Kier molecular flexibility index (Phi) is 7.48. The van der Waals surface area contributed by atoms with Crippen molar-refractivity contribution in [2.75, 3.05) is 12.4 Å². The second-order valence-corrected chi connectivity index (χ2v) is 11.6. The zero-order chi connectivity index (χ0) is 27.6. The van der Waals surface area contributed by atoms with E-state index in [1.807, 2.05) is 30.3 Å². The molecule has 0 saturated heterocycles. The Hall–Kier alpha value is -3.83. The van der Waals surface area contributed by atoms with E-state index in [4.69, 9.17) is 14.1 Å². The van der Waals surface area contributed by atoms with Crippen LogP contribution in [0.4, 0.5) is 4.79 Å². The Labute approximate surface area is 238 Å². The maximum atomic E-state index is 14.0. The maximum Gasteiger partial charge on any atom is 0.338 e. The third-order valence-electron chi connectivity index (χ3n) is 7.05. The second kappa shape index (κ2) is 11.3. The van der Waals surface area contributed by atoms with Crippen LogP contribution in [0.2, 0.25) is 0 Å². The van der Waals surface area contributed by atoms with E-state index >= 15 is 0 Å². The van der Waals surface area contributed by atoms with Gasteiger partial charge >= 0.3 is 12.0 Å². The molecule has 4 heterocycles. The first-order valence-corrected chi connectivity index (χ1v) is 15.1. The van der Waals surface area contributed by atoms with E-state index < -0.39 is 18.0 Å². The van der Waals surface area contributed by atoms with Crippen LogP contribution < -0.4 is 16.2 Å². The molecule has 206 valence electrons. The van der Waals surface area contributed by atoms with Crippen molar-refractivity contribution in [2.24, 2.45) is 0 Å². The van der Waals surface area contributed by atoms with Crippen LogP contribution in [0.1, 0.15) is 47.6 Å². The molecule has 0 radical (unpaired) electrons. The summed E-state index contributed by atoms with van der Waals surface area (Å²) in [5.74, 6) is 0.0597. The number of nitrogens with one attached hydrogen (secondary N) is 2. The van der Waals surface area contributed by atoms with E-state index in [0.29, 0.717) is 23.2 Å². The quantitative estimate of drug-likeness (QED) is 0.173. The van der Waals surface area contributed by atoms with Gasteiger partial charge in [0.15, 0.2) is 5.16 Å². The number of fused-ring (bicyclic) bond motifs is 3. The summed E-state index contributed by atoms with van der Waals surface area (Å²) in [5.41, 5.74) is 2.71. The van der Waals surface area contributed by atoms with Gasteiger partial charge in [-0.3, -0.25) is 9.36 Å². The van der Waals surface area contributed by atoms with Crippen molar-refractivity contribution in [3.05, 3.63) is 92.1 Å². The van der Waals surface area contributed by atoms with Crippen LogP contribution in [0.25, 0.3) is 10.2 Å². The highest BCUT2D eigenvalue weighted by molar-refractivity contribution is 7.99. The number of thioether (sulfide) groups is 1. The Bertz CT molecular complexity index is 1660. The fourth-order valence-corrected chi connectivity index (χ4v) is 7.49. The van der Waals surface area contributed by atoms with E-state index in [2.05, 4.69) is 10.6 Å². The number of nitrogens with zero attached hydrogens (tertiary/aromatic N) is 2. The monoisotopic (exact) mass is 576 g/mol. The number of thiophene rings is 1. The average Bonchev–Trinajstić information content (AvgIpc) is 3.62. The van der Waals surface area contributed by atoms with Crippen LogP contribution in [0.3, 0.4) is 0 Å². The van der Waals surface area contributed by atoms with Crippen molar-refractivity contribution in [1.29, 1.82) is 0 Å². The molecule has 6 rings (SSSR count). The SMILES string of the molecule is CCOC(=O)C1=C(CSc2nc3sc4c(c3c(=O)n2Cc2ccccc2)CCCC4)NC(=O)NC1c1ccco1. The Morgan fingerprint density at radius 1 is 1.18 bits per heavy atom. The minimum atomic E-state index is -0.802. The lowest BCUT2D eigenvalue weighted by Gasteiger charge is -2.27. The maximum absolute atomic E-state index is 14.0. The minimum Gasteiger partial charge on any atom is -0.467 e. The molecule has 1 unspecified atom stereocenters. The number of urea groups is 1. The molecule has 40 heavy (non-hydrogen) atoms. The number of amides is 2. The van der Waals surface area contributed by atoms with Gasteiger partial charge in [-0.2, -0.15) is 0 Å². The third kappa shape index (κ3) is 5.06. The lowest BCUT2D eigenvalue weighted by molar-refractivity contribution is -0.139. The van der Waals surface area contributed by atoms with Gasteiger partial charge in [0.05, 0.1) is 30.4 Å². The van der Waals surface area contributed by atoms with Crippen molar-refractivity contribution in [1.82, 2.24) is 20.2 Å². The summed E-state index contributed by atoms with van der Waals surface area (Å²) in [6, 6.07) is 11.9. The van der Waals surface area contributed by atoms with Gasteiger partial charge in [-0.05, 0) is 55.9 Å². The molecule has 3 aromatic heterocycles. The number of benzene rings is 1. The van der Waals surface area contributed by atoms with E-state index in [1.165, 1.54) is 22.9 Å². The summed E-state index contributed by atoms with van der Waals surface area (Å²) < 4.78 is 12.6. The summed E-state index contributed by atoms with van der Waals surface area (Å²) in [5, 5.41) is 6.79.